The number of benzene rings is 2. The molecule has 0 aromatic heterocycles. The van der Waals surface area contributed by atoms with Crippen molar-refractivity contribution in [2.24, 2.45) is 0 Å². The summed E-state index contributed by atoms with van der Waals surface area (Å²) in [6, 6.07) is 13.0. The van der Waals surface area contributed by atoms with Crippen LogP contribution in [0.3, 0.4) is 0 Å². The predicted octanol–water partition coefficient (Wildman–Crippen LogP) is 1.62. The fourth-order valence-corrected chi connectivity index (χ4v) is 3.79. The van der Waals surface area contributed by atoms with Crippen LogP contribution < -0.4 is 7.22 Å². The van der Waals surface area contributed by atoms with Gasteiger partial charge in [-0.2, -0.15) is 0 Å². The van der Waals surface area contributed by atoms with Gasteiger partial charge in [0.2, 0.25) is 0 Å². The molecule has 0 aliphatic rings. The van der Waals surface area contributed by atoms with E-state index in [1.807, 2.05) is 12.1 Å². The molecular weight excluding hydrogens is 310 g/mol. The van der Waals surface area contributed by atoms with Gasteiger partial charge in [-0.1, -0.05) is 0 Å². The normalized spacial score (nSPS) is 10.3. The molecule has 0 aliphatic heterocycles. The molecule has 0 heterocycles. The maximum atomic E-state index is 12.9. The fraction of sp³-hybridized carbons (Fsp3) is 0. The first-order valence-corrected chi connectivity index (χ1v) is 6.76. The van der Waals surface area contributed by atoms with Crippen LogP contribution in [0, 0.1) is 11.6 Å². The predicted molar refractivity (Wildman–Crippen MR) is 57.8 cm³/mol. The molecule has 0 fully saturated rings. The third-order valence-corrected chi connectivity index (χ3v) is 4.62. The average molecular weight is 318 g/mol. The molecule has 2 aromatic carbocycles. The van der Waals surface area contributed by atoms with Crippen molar-refractivity contribution >= 4 is 28.1 Å². The fourth-order valence-electron chi connectivity index (χ4n) is 1.20. The van der Waals surface area contributed by atoms with E-state index in [4.69, 9.17) is 0 Å². The van der Waals surface area contributed by atoms with Crippen LogP contribution in [0.2, 0.25) is 0 Å². The quantitative estimate of drug-likeness (QED) is 0.739. The van der Waals surface area contributed by atoms with E-state index in [9.17, 15) is 8.78 Å². The third-order valence-electron chi connectivity index (χ3n) is 1.83. The second kappa shape index (κ2) is 4.74. The van der Waals surface area contributed by atoms with E-state index < -0.39 is 20.9 Å². The van der Waals surface area contributed by atoms with E-state index in [2.05, 4.69) is 0 Å². The Morgan fingerprint density at radius 1 is 0.733 bits per heavy atom. The van der Waals surface area contributed by atoms with Crippen molar-refractivity contribution in [3.63, 3.8) is 0 Å². The van der Waals surface area contributed by atoms with Crippen molar-refractivity contribution in [3.8, 4) is 0 Å². The van der Waals surface area contributed by atoms with Crippen molar-refractivity contribution in [2.75, 3.05) is 0 Å². The Morgan fingerprint density at radius 3 is 1.60 bits per heavy atom. The summed E-state index contributed by atoms with van der Waals surface area (Å²) in [6.45, 7) is 0. The zero-order valence-electron chi connectivity index (χ0n) is 7.78. The van der Waals surface area contributed by atoms with Gasteiger partial charge in [-0.05, 0) is 0 Å². The van der Waals surface area contributed by atoms with Crippen LogP contribution in [0.4, 0.5) is 8.78 Å². The number of halogens is 2. The molecular formula is C12H8F2Te. The van der Waals surface area contributed by atoms with Crippen LogP contribution in [0.25, 0.3) is 0 Å². The molecule has 0 unspecified atom stereocenters. The Morgan fingerprint density at radius 2 is 1.20 bits per heavy atom. The molecule has 3 heteroatoms. The van der Waals surface area contributed by atoms with Gasteiger partial charge in [-0.15, -0.1) is 0 Å². The molecule has 0 N–H and O–H groups in total. The van der Waals surface area contributed by atoms with Gasteiger partial charge in [0, 0.05) is 0 Å². The molecule has 0 radical (unpaired) electrons. The SMILES string of the molecule is Fc1cccc([Te]c2cccc(F)c2)c1. The minimum absolute atomic E-state index is 0.228. The zero-order valence-corrected chi connectivity index (χ0v) is 10.1. The first-order chi connectivity index (χ1) is 7.24. The Bertz CT molecular complexity index is 425. The van der Waals surface area contributed by atoms with Gasteiger partial charge >= 0.3 is 97.1 Å². The van der Waals surface area contributed by atoms with E-state index >= 15 is 0 Å². The summed E-state index contributed by atoms with van der Waals surface area (Å²) >= 11 is -0.673. The van der Waals surface area contributed by atoms with Crippen molar-refractivity contribution < 1.29 is 8.78 Å². The van der Waals surface area contributed by atoms with Crippen LogP contribution in [-0.2, 0) is 0 Å². The number of hydrogen-bond donors (Lipinski definition) is 0. The van der Waals surface area contributed by atoms with Crippen molar-refractivity contribution in [1.29, 1.82) is 0 Å². The summed E-state index contributed by atoms with van der Waals surface area (Å²) < 4.78 is 27.7. The Hall–Kier alpha value is -0.910. The first-order valence-electron chi connectivity index (χ1n) is 4.43. The maximum absolute atomic E-state index is 12.9. The monoisotopic (exact) mass is 320 g/mol. The summed E-state index contributed by atoms with van der Waals surface area (Å²) in [5.74, 6) is -0.456. The van der Waals surface area contributed by atoms with Gasteiger partial charge in [0.25, 0.3) is 0 Å². The van der Waals surface area contributed by atoms with Crippen molar-refractivity contribution in [3.05, 3.63) is 60.2 Å². The van der Waals surface area contributed by atoms with Crippen LogP contribution in [-0.4, -0.2) is 20.9 Å². The van der Waals surface area contributed by atoms with Gasteiger partial charge in [-0.3, -0.25) is 0 Å². The van der Waals surface area contributed by atoms with E-state index in [1.54, 1.807) is 12.1 Å². The van der Waals surface area contributed by atoms with Crippen molar-refractivity contribution in [1.82, 2.24) is 0 Å². The molecule has 0 saturated heterocycles. The molecule has 0 saturated carbocycles. The molecule has 15 heavy (non-hydrogen) atoms. The summed E-state index contributed by atoms with van der Waals surface area (Å²) in [7, 11) is 0. The Kier molecular flexibility index (Phi) is 3.35. The molecule has 2 aromatic rings. The third kappa shape index (κ3) is 3.02. The van der Waals surface area contributed by atoms with Crippen LogP contribution in [0.15, 0.2) is 48.5 Å². The van der Waals surface area contributed by atoms with Crippen LogP contribution in [0.1, 0.15) is 0 Å². The van der Waals surface area contributed by atoms with Gasteiger partial charge < -0.3 is 0 Å². The standard InChI is InChI=1S/C12H8F2Te/c13-9-3-1-5-11(7-9)15-12-6-2-4-10(14)8-12/h1-8H. The van der Waals surface area contributed by atoms with E-state index in [-0.39, 0.29) is 11.6 Å². The van der Waals surface area contributed by atoms with Gasteiger partial charge in [-0.25, -0.2) is 0 Å². The molecule has 2 rings (SSSR count). The molecule has 0 amide bonds. The van der Waals surface area contributed by atoms with Gasteiger partial charge in [0.1, 0.15) is 0 Å². The molecule has 76 valence electrons. The first kappa shape index (κ1) is 10.6. The van der Waals surface area contributed by atoms with Crippen molar-refractivity contribution in [2.45, 2.75) is 0 Å². The summed E-state index contributed by atoms with van der Waals surface area (Å²) in [5.41, 5.74) is 0. The van der Waals surface area contributed by atoms with E-state index in [0.717, 1.165) is 7.22 Å². The number of hydrogen-bond acceptors (Lipinski definition) is 0. The molecule has 0 nitrogen and oxygen atoms in total. The summed E-state index contributed by atoms with van der Waals surface area (Å²) in [6.07, 6.45) is 0. The zero-order chi connectivity index (χ0) is 10.7. The Balaban J connectivity index is 2.22. The molecule has 0 bridgehead atoms. The van der Waals surface area contributed by atoms with Crippen LogP contribution >= 0.6 is 0 Å². The Labute approximate surface area is 97.0 Å². The molecule has 0 spiro atoms. The second-order valence-electron chi connectivity index (χ2n) is 3.02. The minimum atomic E-state index is -0.673. The second-order valence-corrected chi connectivity index (χ2v) is 6.29. The van der Waals surface area contributed by atoms with E-state index in [0.29, 0.717) is 0 Å². The molecule has 0 atom stereocenters. The summed E-state index contributed by atoms with van der Waals surface area (Å²) in [5, 5.41) is 0. The number of rotatable bonds is 2. The van der Waals surface area contributed by atoms with Gasteiger partial charge in [0.05, 0.1) is 0 Å². The summed E-state index contributed by atoms with van der Waals surface area (Å²) in [4.78, 5) is 0. The molecule has 0 aliphatic carbocycles. The average Bonchev–Trinajstić information content (AvgIpc) is 2.17. The van der Waals surface area contributed by atoms with E-state index in [1.165, 1.54) is 24.3 Å². The van der Waals surface area contributed by atoms with Gasteiger partial charge in [0.15, 0.2) is 0 Å². The topological polar surface area (TPSA) is 0 Å². The van der Waals surface area contributed by atoms with Crippen LogP contribution in [0.5, 0.6) is 0 Å².